The van der Waals surface area contributed by atoms with Crippen LogP contribution in [-0.4, -0.2) is 33.3 Å². The average Bonchev–Trinajstić information content (AvgIpc) is 2.35. The maximum absolute atomic E-state index is 11.9. The van der Waals surface area contributed by atoms with Gasteiger partial charge in [-0.2, -0.15) is 0 Å². The van der Waals surface area contributed by atoms with Crippen LogP contribution in [-0.2, 0) is 18.9 Å². The van der Waals surface area contributed by atoms with Gasteiger partial charge in [-0.15, -0.1) is 0 Å². The third-order valence-corrected chi connectivity index (χ3v) is 5.51. The van der Waals surface area contributed by atoms with Crippen molar-refractivity contribution in [1.82, 2.24) is 4.98 Å². The van der Waals surface area contributed by atoms with Crippen molar-refractivity contribution >= 4 is 40.5 Å². The largest absolute Gasteiger partial charge is 0.236 e. The number of para-hydroxylation sites is 1. The fourth-order valence-corrected chi connectivity index (χ4v) is 4.50. The van der Waals surface area contributed by atoms with E-state index in [-0.39, 0.29) is 5.03 Å². The maximum Gasteiger partial charge on any atom is 0.233 e. The van der Waals surface area contributed by atoms with Crippen LogP contribution in [0.5, 0.6) is 0 Å². The van der Waals surface area contributed by atoms with E-state index in [4.69, 9.17) is 10.7 Å². The van der Waals surface area contributed by atoms with Crippen LogP contribution in [0.1, 0.15) is 0 Å². The predicted octanol–water partition coefficient (Wildman–Crippen LogP) is 1.58. The van der Waals surface area contributed by atoms with Crippen molar-refractivity contribution in [3.8, 4) is 0 Å². The number of sulfone groups is 1. The van der Waals surface area contributed by atoms with E-state index < -0.39 is 30.4 Å². The maximum atomic E-state index is 11.9. The van der Waals surface area contributed by atoms with Crippen LogP contribution < -0.4 is 0 Å². The topological polar surface area (TPSA) is 81.2 Å². The molecule has 102 valence electrons. The summed E-state index contributed by atoms with van der Waals surface area (Å²) in [6.45, 7) is 0. The van der Waals surface area contributed by atoms with E-state index in [0.29, 0.717) is 5.52 Å². The second kappa shape index (κ2) is 5.07. The molecule has 19 heavy (non-hydrogen) atoms. The van der Waals surface area contributed by atoms with Gasteiger partial charge in [-0.25, -0.2) is 21.8 Å². The molecule has 2 rings (SSSR count). The first-order valence-electron chi connectivity index (χ1n) is 5.29. The molecule has 0 aliphatic rings. The molecule has 0 N–H and O–H groups in total. The molecule has 0 amide bonds. The summed E-state index contributed by atoms with van der Waals surface area (Å²) in [6, 6.07) is 10.0. The number of hydrogen-bond donors (Lipinski definition) is 0. The number of nitrogens with zero attached hydrogens (tertiary/aromatic N) is 1. The van der Waals surface area contributed by atoms with Crippen molar-refractivity contribution in [3.05, 3.63) is 36.4 Å². The van der Waals surface area contributed by atoms with Gasteiger partial charge in [0.15, 0.2) is 14.9 Å². The molecule has 1 aromatic heterocycles. The molecule has 5 nitrogen and oxygen atoms in total. The second-order valence-corrected chi connectivity index (χ2v) is 8.86. The fraction of sp³-hybridized carbons (Fsp3) is 0.182. The summed E-state index contributed by atoms with van der Waals surface area (Å²) in [5.74, 6) is -1.21. The van der Waals surface area contributed by atoms with Crippen molar-refractivity contribution < 1.29 is 16.8 Å². The van der Waals surface area contributed by atoms with Gasteiger partial charge in [0.2, 0.25) is 9.05 Å². The highest BCUT2D eigenvalue weighted by molar-refractivity contribution is 8.14. The first kappa shape index (κ1) is 14.2. The van der Waals surface area contributed by atoms with E-state index in [0.717, 1.165) is 5.39 Å². The molecule has 0 aliphatic carbocycles. The van der Waals surface area contributed by atoms with E-state index >= 15 is 0 Å². The zero-order chi connectivity index (χ0) is 14.1. The normalized spacial score (nSPS) is 12.7. The zero-order valence-electron chi connectivity index (χ0n) is 9.65. The van der Waals surface area contributed by atoms with Crippen LogP contribution in [0.4, 0.5) is 0 Å². The van der Waals surface area contributed by atoms with E-state index in [1.807, 2.05) is 12.1 Å². The molecular formula is C11H10ClNO4S2. The lowest BCUT2D eigenvalue weighted by atomic mass is 10.2. The Balaban J connectivity index is 2.38. The van der Waals surface area contributed by atoms with Crippen molar-refractivity contribution in [3.63, 3.8) is 0 Å². The zero-order valence-corrected chi connectivity index (χ0v) is 12.0. The molecule has 1 aromatic carbocycles. The molecule has 0 saturated carbocycles. The highest BCUT2D eigenvalue weighted by Gasteiger charge is 2.20. The Morgan fingerprint density at radius 3 is 2.32 bits per heavy atom. The molecule has 2 aromatic rings. The molecule has 0 radical (unpaired) electrons. The summed E-state index contributed by atoms with van der Waals surface area (Å²) in [6.07, 6.45) is 0. The number of rotatable bonds is 4. The number of fused-ring (bicyclic) bond motifs is 1. The van der Waals surface area contributed by atoms with Crippen molar-refractivity contribution in [1.29, 1.82) is 0 Å². The lowest BCUT2D eigenvalue weighted by Gasteiger charge is -2.04. The summed E-state index contributed by atoms with van der Waals surface area (Å²) in [4.78, 5) is 4.02. The third-order valence-electron chi connectivity index (χ3n) is 2.49. The van der Waals surface area contributed by atoms with Crippen molar-refractivity contribution in [2.75, 3.05) is 11.5 Å². The Morgan fingerprint density at radius 1 is 0.947 bits per heavy atom. The molecule has 0 aliphatic heterocycles. The molecule has 1 heterocycles. The summed E-state index contributed by atoms with van der Waals surface area (Å²) < 4.78 is 45.5. The molecule has 0 saturated heterocycles. The molecule has 0 spiro atoms. The Bertz CT molecular complexity index is 815. The van der Waals surface area contributed by atoms with Gasteiger partial charge >= 0.3 is 0 Å². The Kier molecular flexibility index (Phi) is 3.80. The lowest BCUT2D eigenvalue weighted by Crippen LogP contribution is -2.15. The van der Waals surface area contributed by atoms with Gasteiger partial charge < -0.3 is 0 Å². The number of benzene rings is 1. The molecule has 0 atom stereocenters. The number of hydrogen-bond acceptors (Lipinski definition) is 5. The molecule has 8 heteroatoms. The Hall–Kier alpha value is -1.18. The Morgan fingerprint density at radius 2 is 1.63 bits per heavy atom. The smallest absolute Gasteiger partial charge is 0.233 e. The predicted molar refractivity (Wildman–Crippen MR) is 73.4 cm³/mol. The summed E-state index contributed by atoms with van der Waals surface area (Å²) in [5, 5.41) is 0.665. The Labute approximate surface area is 115 Å². The first-order chi connectivity index (χ1) is 8.78. The number of aromatic nitrogens is 1. The van der Waals surface area contributed by atoms with Crippen LogP contribution in [0.25, 0.3) is 10.9 Å². The minimum atomic E-state index is -3.84. The van der Waals surface area contributed by atoms with Gasteiger partial charge in [0, 0.05) is 16.1 Å². The van der Waals surface area contributed by atoms with Gasteiger partial charge in [0.05, 0.1) is 17.0 Å². The quantitative estimate of drug-likeness (QED) is 0.799. The highest BCUT2D eigenvalue weighted by Crippen LogP contribution is 2.16. The van der Waals surface area contributed by atoms with Gasteiger partial charge in [0.25, 0.3) is 0 Å². The van der Waals surface area contributed by atoms with Crippen molar-refractivity contribution in [2.24, 2.45) is 0 Å². The van der Waals surface area contributed by atoms with Gasteiger partial charge in [-0.1, -0.05) is 18.2 Å². The van der Waals surface area contributed by atoms with E-state index in [1.165, 1.54) is 6.07 Å². The van der Waals surface area contributed by atoms with E-state index in [2.05, 4.69) is 4.98 Å². The van der Waals surface area contributed by atoms with Gasteiger partial charge in [-0.05, 0) is 18.2 Å². The standard InChI is InChI=1S/C11H10ClNO4S2/c12-19(16,17)8-7-18(14,15)11-6-5-9-3-1-2-4-10(9)13-11/h1-6H,7-8H2. The van der Waals surface area contributed by atoms with Crippen LogP contribution in [0, 0.1) is 0 Å². The fourth-order valence-electron chi connectivity index (χ4n) is 1.53. The second-order valence-electron chi connectivity index (χ2n) is 3.90. The summed E-state index contributed by atoms with van der Waals surface area (Å²) in [7, 11) is -2.59. The van der Waals surface area contributed by atoms with Gasteiger partial charge in [0.1, 0.15) is 0 Å². The van der Waals surface area contributed by atoms with Crippen LogP contribution >= 0.6 is 10.7 Å². The SMILES string of the molecule is O=S(=O)(Cl)CCS(=O)(=O)c1ccc2ccccc2n1. The number of pyridine rings is 1. The highest BCUT2D eigenvalue weighted by atomic mass is 35.7. The van der Waals surface area contributed by atoms with Gasteiger partial charge in [-0.3, -0.25) is 0 Å². The molecular weight excluding hydrogens is 310 g/mol. The average molecular weight is 320 g/mol. The monoisotopic (exact) mass is 319 g/mol. The number of halogens is 1. The summed E-state index contributed by atoms with van der Waals surface area (Å²) >= 11 is 0. The minimum Gasteiger partial charge on any atom is -0.236 e. The first-order valence-corrected chi connectivity index (χ1v) is 9.42. The molecule has 0 fully saturated rings. The molecule has 0 bridgehead atoms. The minimum absolute atomic E-state index is 0.147. The van der Waals surface area contributed by atoms with E-state index in [1.54, 1.807) is 18.2 Å². The van der Waals surface area contributed by atoms with Crippen LogP contribution in [0.2, 0.25) is 0 Å². The lowest BCUT2D eigenvalue weighted by molar-refractivity contribution is 0.590. The van der Waals surface area contributed by atoms with Crippen LogP contribution in [0.15, 0.2) is 41.4 Å². The van der Waals surface area contributed by atoms with Crippen molar-refractivity contribution in [2.45, 2.75) is 5.03 Å². The van der Waals surface area contributed by atoms with E-state index in [9.17, 15) is 16.8 Å². The summed E-state index contributed by atoms with van der Waals surface area (Å²) in [5.41, 5.74) is 0.539. The third kappa shape index (κ3) is 3.65. The van der Waals surface area contributed by atoms with Crippen LogP contribution in [0.3, 0.4) is 0 Å². The molecule has 0 unspecified atom stereocenters.